The highest BCUT2D eigenvalue weighted by atomic mass is 32.2. The van der Waals surface area contributed by atoms with E-state index in [9.17, 15) is 8.42 Å². The van der Waals surface area contributed by atoms with E-state index >= 15 is 0 Å². The van der Waals surface area contributed by atoms with E-state index in [4.69, 9.17) is 9.52 Å². The summed E-state index contributed by atoms with van der Waals surface area (Å²) in [5.41, 5.74) is 0.807. The fraction of sp³-hybridized carbons (Fsp3) is 0.167. The summed E-state index contributed by atoms with van der Waals surface area (Å²) in [7, 11) is -3.55. The van der Waals surface area contributed by atoms with Crippen LogP contribution in [-0.2, 0) is 10.0 Å². The Kier molecular flexibility index (Phi) is 3.81. The van der Waals surface area contributed by atoms with Crippen LogP contribution in [0.5, 0.6) is 0 Å². The molecule has 1 aromatic carbocycles. The van der Waals surface area contributed by atoms with Gasteiger partial charge >= 0.3 is 0 Å². The van der Waals surface area contributed by atoms with Crippen LogP contribution >= 0.6 is 0 Å². The van der Waals surface area contributed by atoms with Gasteiger partial charge in [0.05, 0.1) is 17.8 Å². The van der Waals surface area contributed by atoms with Gasteiger partial charge in [-0.25, -0.2) is 13.1 Å². The van der Waals surface area contributed by atoms with Crippen molar-refractivity contribution in [3.05, 3.63) is 42.7 Å². The summed E-state index contributed by atoms with van der Waals surface area (Å²) in [6, 6.07) is 9.91. The van der Waals surface area contributed by atoms with E-state index in [1.54, 1.807) is 30.5 Å². The third kappa shape index (κ3) is 2.79. The molecule has 0 amide bonds. The van der Waals surface area contributed by atoms with Crippen molar-refractivity contribution in [2.75, 3.05) is 13.2 Å². The van der Waals surface area contributed by atoms with E-state index < -0.39 is 10.0 Å². The summed E-state index contributed by atoms with van der Waals surface area (Å²) >= 11 is 0. The zero-order valence-electron chi connectivity index (χ0n) is 9.54. The maximum atomic E-state index is 11.7. The molecule has 0 atom stereocenters. The molecule has 96 valence electrons. The van der Waals surface area contributed by atoms with Crippen molar-refractivity contribution in [3.63, 3.8) is 0 Å². The van der Waals surface area contributed by atoms with Gasteiger partial charge in [-0.3, -0.25) is 0 Å². The average molecular weight is 267 g/mol. The predicted octanol–water partition coefficient (Wildman–Crippen LogP) is 1.22. The van der Waals surface area contributed by atoms with Crippen molar-refractivity contribution in [3.8, 4) is 11.3 Å². The minimum absolute atomic E-state index is 0.00225. The summed E-state index contributed by atoms with van der Waals surface area (Å²) in [5, 5.41) is 8.61. The second-order valence-electron chi connectivity index (χ2n) is 3.62. The van der Waals surface area contributed by atoms with Crippen molar-refractivity contribution < 1.29 is 17.9 Å². The Balaban J connectivity index is 2.22. The van der Waals surface area contributed by atoms with Crippen molar-refractivity contribution >= 4 is 10.0 Å². The first-order chi connectivity index (χ1) is 8.63. The first kappa shape index (κ1) is 12.8. The Hall–Kier alpha value is -1.63. The molecule has 0 saturated carbocycles. The number of nitrogens with one attached hydrogen (secondary N) is 1. The molecule has 0 aliphatic carbocycles. The van der Waals surface area contributed by atoms with E-state index in [1.807, 2.05) is 0 Å². The molecule has 0 bridgehead atoms. The molecule has 0 aliphatic heterocycles. The first-order valence-corrected chi connectivity index (χ1v) is 6.86. The monoisotopic (exact) mass is 267 g/mol. The van der Waals surface area contributed by atoms with Gasteiger partial charge in [-0.05, 0) is 36.4 Å². The van der Waals surface area contributed by atoms with Crippen LogP contribution < -0.4 is 4.72 Å². The smallest absolute Gasteiger partial charge is 0.240 e. The van der Waals surface area contributed by atoms with Gasteiger partial charge in [-0.2, -0.15) is 0 Å². The molecule has 5 nitrogen and oxygen atoms in total. The van der Waals surface area contributed by atoms with Crippen LogP contribution in [0.15, 0.2) is 52.0 Å². The zero-order chi connectivity index (χ0) is 13.0. The van der Waals surface area contributed by atoms with Crippen LogP contribution in [0.4, 0.5) is 0 Å². The van der Waals surface area contributed by atoms with E-state index in [2.05, 4.69) is 4.72 Å². The van der Waals surface area contributed by atoms with Crippen molar-refractivity contribution in [2.45, 2.75) is 4.90 Å². The zero-order valence-corrected chi connectivity index (χ0v) is 10.4. The normalized spacial score (nSPS) is 11.6. The molecule has 2 rings (SSSR count). The lowest BCUT2D eigenvalue weighted by Crippen LogP contribution is -2.26. The largest absolute Gasteiger partial charge is 0.464 e. The fourth-order valence-corrected chi connectivity index (χ4v) is 2.53. The minimum Gasteiger partial charge on any atom is -0.464 e. The van der Waals surface area contributed by atoms with Gasteiger partial charge in [-0.1, -0.05) is 0 Å². The maximum Gasteiger partial charge on any atom is 0.240 e. The first-order valence-electron chi connectivity index (χ1n) is 5.38. The molecular weight excluding hydrogens is 254 g/mol. The molecule has 2 N–H and O–H groups in total. The van der Waals surface area contributed by atoms with Crippen molar-refractivity contribution in [2.24, 2.45) is 0 Å². The second kappa shape index (κ2) is 5.34. The van der Waals surface area contributed by atoms with Gasteiger partial charge in [-0.15, -0.1) is 0 Å². The molecule has 0 aliphatic rings. The van der Waals surface area contributed by atoms with E-state index in [-0.39, 0.29) is 18.0 Å². The Morgan fingerprint density at radius 2 is 1.89 bits per heavy atom. The second-order valence-corrected chi connectivity index (χ2v) is 5.39. The molecule has 1 aromatic heterocycles. The number of sulfonamides is 1. The van der Waals surface area contributed by atoms with E-state index in [1.165, 1.54) is 12.1 Å². The van der Waals surface area contributed by atoms with Crippen LogP contribution in [-0.4, -0.2) is 26.7 Å². The molecular formula is C12H13NO4S. The van der Waals surface area contributed by atoms with E-state index in [0.29, 0.717) is 5.76 Å². The number of aliphatic hydroxyl groups excluding tert-OH is 1. The van der Waals surface area contributed by atoms with Gasteiger partial charge in [0.1, 0.15) is 5.76 Å². The summed E-state index contributed by atoms with van der Waals surface area (Å²) in [4.78, 5) is 0.159. The third-order valence-corrected chi connectivity index (χ3v) is 3.85. The molecule has 0 radical (unpaired) electrons. The van der Waals surface area contributed by atoms with Crippen LogP contribution in [0.3, 0.4) is 0 Å². The summed E-state index contributed by atoms with van der Waals surface area (Å²) in [5.74, 6) is 0.683. The number of aliphatic hydroxyl groups is 1. The quantitative estimate of drug-likeness (QED) is 0.853. The standard InChI is InChI=1S/C12H13NO4S/c14-8-7-13-18(15,16)11-5-3-10(4-6-11)12-2-1-9-17-12/h1-6,9,13-14H,7-8H2. The molecule has 0 unspecified atom stereocenters. The topological polar surface area (TPSA) is 79.5 Å². The van der Waals surface area contributed by atoms with Crippen LogP contribution in [0.2, 0.25) is 0 Å². The average Bonchev–Trinajstić information content (AvgIpc) is 2.90. The van der Waals surface area contributed by atoms with Crippen LogP contribution in [0.25, 0.3) is 11.3 Å². The predicted molar refractivity (Wildman–Crippen MR) is 66.4 cm³/mol. The Labute approximate surface area is 105 Å². The van der Waals surface area contributed by atoms with Crippen molar-refractivity contribution in [1.82, 2.24) is 4.72 Å². The molecule has 1 heterocycles. The molecule has 0 spiro atoms. The van der Waals surface area contributed by atoms with Gasteiger partial charge in [0, 0.05) is 12.1 Å². The Bertz CT molecular complexity index is 588. The lowest BCUT2D eigenvalue weighted by Gasteiger charge is -2.05. The van der Waals surface area contributed by atoms with E-state index in [0.717, 1.165) is 5.56 Å². The molecule has 0 fully saturated rings. The maximum absolute atomic E-state index is 11.7. The highest BCUT2D eigenvalue weighted by Gasteiger charge is 2.13. The number of furan rings is 1. The Morgan fingerprint density at radius 3 is 2.44 bits per heavy atom. The minimum atomic E-state index is -3.55. The number of hydrogen-bond donors (Lipinski definition) is 2. The summed E-state index contributed by atoms with van der Waals surface area (Å²) in [6.07, 6.45) is 1.56. The van der Waals surface area contributed by atoms with Gasteiger partial charge < -0.3 is 9.52 Å². The van der Waals surface area contributed by atoms with Crippen molar-refractivity contribution in [1.29, 1.82) is 0 Å². The third-order valence-electron chi connectivity index (χ3n) is 2.37. The highest BCUT2D eigenvalue weighted by molar-refractivity contribution is 7.89. The van der Waals surface area contributed by atoms with Gasteiger partial charge in [0.15, 0.2) is 0 Å². The van der Waals surface area contributed by atoms with Gasteiger partial charge in [0.25, 0.3) is 0 Å². The molecule has 6 heteroatoms. The number of rotatable bonds is 5. The Morgan fingerprint density at radius 1 is 1.17 bits per heavy atom. The molecule has 2 aromatic rings. The van der Waals surface area contributed by atoms with Crippen LogP contribution in [0, 0.1) is 0 Å². The SMILES string of the molecule is O=S(=O)(NCCO)c1ccc(-c2ccco2)cc1. The summed E-state index contributed by atoms with van der Waals surface area (Å²) < 4.78 is 31.0. The summed E-state index contributed by atoms with van der Waals surface area (Å²) in [6.45, 7) is -0.230. The fourth-order valence-electron chi connectivity index (χ4n) is 1.50. The van der Waals surface area contributed by atoms with Gasteiger partial charge in [0.2, 0.25) is 10.0 Å². The molecule has 0 saturated heterocycles. The highest BCUT2D eigenvalue weighted by Crippen LogP contribution is 2.21. The number of hydrogen-bond acceptors (Lipinski definition) is 4. The lowest BCUT2D eigenvalue weighted by molar-refractivity contribution is 0.301. The number of benzene rings is 1. The molecule has 18 heavy (non-hydrogen) atoms. The lowest BCUT2D eigenvalue weighted by atomic mass is 10.2. The van der Waals surface area contributed by atoms with Crippen LogP contribution in [0.1, 0.15) is 0 Å².